The van der Waals surface area contributed by atoms with E-state index in [1.54, 1.807) is 34.8 Å². The van der Waals surface area contributed by atoms with Gasteiger partial charge in [0.2, 0.25) is 0 Å². The molecule has 0 spiro atoms. The van der Waals surface area contributed by atoms with Crippen molar-refractivity contribution in [3.63, 3.8) is 0 Å². The first-order chi connectivity index (χ1) is 10.7. The van der Waals surface area contributed by atoms with Gasteiger partial charge in [-0.1, -0.05) is 23.7 Å². The number of thiophene rings is 1. The van der Waals surface area contributed by atoms with Crippen molar-refractivity contribution in [3.8, 4) is 10.6 Å². The molecule has 0 amide bonds. The Kier molecular flexibility index (Phi) is 4.87. The Bertz CT molecular complexity index is 751. The van der Waals surface area contributed by atoms with E-state index in [9.17, 15) is 4.79 Å². The molecule has 0 atom stereocenters. The number of carbonyl (C=O) groups excluding carboxylic acids is 1. The molecule has 1 aromatic carbocycles. The highest BCUT2D eigenvalue weighted by Gasteiger charge is 2.09. The second-order valence-electron chi connectivity index (χ2n) is 4.62. The number of esters is 1. The summed E-state index contributed by atoms with van der Waals surface area (Å²) in [6.45, 7) is 0.201. The predicted molar refractivity (Wildman–Crippen MR) is 90.4 cm³/mol. The normalized spacial score (nSPS) is 10.6. The monoisotopic (exact) mass is 349 g/mol. The summed E-state index contributed by atoms with van der Waals surface area (Å²) in [5.41, 5.74) is 2.76. The summed E-state index contributed by atoms with van der Waals surface area (Å²) >= 11 is 9.00. The van der Waals surface area contributed by atoms with E-state index < -0.39 is 0 Å². The zero-order chi connectivity index (χ0) is 15.4. The first-order valence-electron chi connectivity index (χ1n) is 6.58. The largest absolute Gasteiger partial charge is 0.459 e. The number of carbonyl (C=O) groups is 1. The second kappa shape index (κ2) is 7.05. The van der Waals surface area contributed by atoms with Crippen LogP contribution in [0.5, 0.6) is 0 Å². The maximum absolute atomic E-state index is 11.8. The third-order valence-corrected chi connectivity index (χ3v) is 4.84. The minimum Gasteiger partial charge on any atom is -0.459 e. The lowest BCUT2D eigenvalue weighted by Crippen LogP contribution is -2.08. The van der Waals surface area contributed by atoms with E-state index in [-0.39, 0.29) is 19.0 Å². The van der Waals surface area contributed by atoms with Crippen LogP contribution in [0.15, 0.2) is 46.5 Å². The Labute approximate surface area is 141 Å². The van der Waals surface area contributed by atoms with Crippen molar-refractivity contribution in [2.24, 2.45) is 0 Å². The molecule has 0 aliphatic carbocycles. The summed E-state index contributed by atoms with van der Waals surface area (Å²) in [6, 6.07) is 9.19. The quantitative estimate of drug-likeness (QED) is 0.620. The van der Waals surface area contributed by atoms with Crippen LogP contribution in [0.2, 0.25) is 5.02 Å². The molecule has 3 nitrogen and oxygen atoms in total. The van der Waals surface area contributed by atoms with E-state index in [1.807, 2.05) is 29.0 Å². The van der Waals surface area contributed by atoms with Crippen molar-refractivity contribution >= 4 is 40.2 Å². The SMILES string of the molecule is O=C(Cc1ccc(Cl)cc1)OCc1csc(-c2ccsc2)n1. The lowest BCUT2D eigenvalue weighted by molar-refractivity contribution is -0.144. The summed E-state index contributed by atoms with van der Waals surface area (Å²) in [5.74, 6) is -0.271. The predicted octanol–water partition coefficient (Wildman–Crippen LogP) is 4.81. The van der Waals surface area contributed by atoms with Crippen molar-refractivity contribution in [2.45, 2.75) is 13.0 Å². The van der Waals surface area contributed by atoms with E-state index in [0.29, 0.717) is 5.02 Å². The smallest absolute Gasteiger partial charge is 0.310 e. The van der Waals surface area contributed by atoms with Crippen LogP contribution in [0.4, 0.5) is 0 Å². The van der Waals surface area contributed by atoms with Crippen LogP contribution in [-0.4, -0.2) is 11.0 Å². The number of halogens is 1. The molecule has 3 rings (SSSR count). The molecule has 0 saturated carbocycles. The van der Waals surface area contributed by atoms with Crippen molar-refractivity contribution in [2.75, 3.05) is 0 Å². The van der Waals surface area contributed by atoms with Gasteiger partial charge >= 0.3 is 5.97 Å². The minimum atomic E-state index is -0.271. The highest BCUT2D eigenvalue weighted by Crippen LogP contribution is 2.25. The zero-order valence-corrected chi connectivity index (χ0v) is 13.9. The Hall–Kier alpha value is -1.69. The molecule has 112 valence electrons. The average molecular weight is 350 g/mol. The van der Waals surface area contributed by atoms with Gasteiger partial charge in [-0.3, -0.25) is 4.79 Å². The zero-order valence-electron chi connectivity index (χ0n) is 11.5. The van der Waals surface area contributed by atoms with Crippen molar-refractivity contribution in [3.05, 3.63) is 62.8 Å². The van der Waals surface area contributed by atoms with Gasteiger partial charge in [-0.15, -0.1) is 11.3 Å². The second-order valence-corrected chi connectivity index (χ2v) is 6.69. The average Bonchev–Trinajstić information content (AvgIpc) is 3.18. The number of thiazole rings is 1. The van der Waals surface area contributed by atoms with Gasteiger partial charge in [0.1, 0.15) is 11.6 Å². The van der Waals surface area contributed by atoms with E-state index in [4.69, 9.17) is 16.3 Å². The van der Waals surface area contributed by atoms with Crippen LogP contribution in [0.1, 0.15) is 11.3 Å². The lowest BCUT2D eigenvalue weighted by Gasteiger charge is -2.03. The molecule has 0 fully saturated rings. The first-order valence-corrected chi connectivity index (χ1v) is 8.78. The standard InChI is InChI=1S/C16H12ClNO2S2/c17-13-3-1-11(2-4-13)7-15(19)20-8-14-10-22-16(18-14)12-5-6-21-9-12/h1-6,9-10H,7-8H2. The Morgan fingerprint density at radius 1 is 1.18 bits per heavy atom. The molecule has 22 heavy (non-hydrogen) atoms. The molecule has 0 unspecified atom stereocenters. The molecule has 0 radical (unpaired) electrons. The molecule has 0 bridgehead atoms. The number of benzene rings is 1. The third-order valence-electron chi connectivity index (χ3n) is 2.96. The van der Waals surface area contributed by atoms with Crippen molar-refractivity contribution in [1.29, 1.82) is 0 Å². The van der Waals surface area contributed by atoms with Gasteiger partial charge in [0.25, 0.3) is 0 Å². The van der Waals surface area contributed by atoms with Crippen LogP contribution < -0.4 is 0 Å². The molecule has 3 aromatic rings. The lowest BCUT2D eigenvalue weighted by atomic mass is 10.1. The van der Waals surface area contributed by atoms with Gasteiger partial charge in [0.05, 0.1) is 12.1 Å². The Morgan fingerprint density at radius 2 is 2.00 bits per heavy atom. The summed E-state index contributed by atoms with van der Waals surface area (Å²) in [6.07, 6.45) is 0.235. The van der Waals surface area contributed by atoms with Crippen LogP contribution in [-0.2, 0) is 22.6 Å². The molecule has 6 heteroatoms. The van der Waals surface area contributed by atoms with Crippen LogP contribution in [0, 0.1) is 0 Å². The Morgan fingerprint density at radius 3 is 2.73 bits per heavy atom. The molecular weight excluding hydrogens is 338 g/mol. The number of aromatic nitrogens is 1. The summed E-state index contributed by atoms with van der Waals surface area (Å²) in [5, 5.41) is 7.59. The maximum Gasteiger partial charge on any atom is 0.310 e. The van der Waals surface area contributed by atoms with Gasteiger partial charge < -0.3 is 4.74 Å². The molecule has 2 aromatic heterocycles. The van der Waals surface area contributed by atoms with Gasteiger partial charge in [0.15, 0.2) is 0 Å². The minimum absolute atomic E-state index is 0.201. The van der Waals surface area contributed by atoms with Crippen molar-refractivity contribution in [1.82, 2.24) is 4.98 Å². The van der Waals surface area contributed by atoms with E-state index in [2.05, 4.69) is 10.4 Å². The first kappa shape index (κ1) is 15.2. The molecule has 0 saturated heterocycles. The molecule has 2 heterocycles. The Balaban J connectivity index is 1.54. The van der Waals surface area contributed by atoms with Gasteiger partial charge in [-0.25, -0.2) is 4.98 Å². The fourth-order valence-electron chi connectivity index (χ4n) is 1.87. The van der Waals surface area contributed by atoms with Gasteiger partial charge in [-0.2, -0.15) is 11.3 Å². The van der Waals surface area contributed by atoms with E-state index in [1.165, 1.54) is 0 Å². The van der Waals surface area contributed by atoms with Crippen LogP contribution >= 0.6 is 34.3 Å². The molecular formula is C16H12ClNO2S2. The molecule has 0 N–H and O–H groups in total. The topological polar surface area (TPSA) is 39.2 Å². The van der Waals surface area contributed by atoms with E-state index >= 15 is 0 Å². The number of hydrogen-bond donors (Lipinski definition) is 0. The molecule has 0 aliphatic rings. The fourth-order valence-corrected chi connectivity index (χ4v) is 3.51. The number of ether oxygens (including phenoxy) is 1. The maximum atomic E-state index is 11.8. The number of rotatable bonds is 5. The highest BCUT2D eigenvalue weighted by molar-refractivity contribution is 7.14. The van der Waals surface area contributed by atoms with Gasteiger partial charge in [-0.05, 0) is 29.1 Å². The summed E-state index contributed by atoms with van der Waals surface area (Å²) in [4.78, 5) is 16.3. The summed E-state index contributed by atoms with van der Waals surface area (Å²) in [7, 11) is 0. The molecule has 0 aliphatic heterocycles. The van der Waals surface area contributed by atoms with Crippen molar-refractivity contribution < 1.29 is 9.53 Å². The number of nitrogens with zero attached hydrogens (tertiary/aromatic N) is 1. The highest BCUT2D eigenvalue weighted by atomic mass is 35.5. The van der Waals surface area contributed by atoms with Crippen LogP contribution in [0.25, 0.3) is 10.6 Å². The number of hydrogen-bond acceptors (Lipinski definition) is 5. The summed E-state index contributed by atoms with van der Waals surface area (Å²) < 4.78 is 5.27. The van der Waals surface area contributed by atoms with E-state index in [0.717, 1.165) is 21.8 Å². The third kappa shape index (κ3) is 3.94. The van der Waals surface area contributed by atoms with Gasteiger partial charge in [0, 0.05) is 21.3 Å². The fraction of sp³-hybridized carbons (Fsp3) is 0.125. The van der Waals surface area contributed by atoms with Crippen LogP contribution in [0.3, 0.4) is 0 Å².